The zero-order valence-corrected chi connectivity index (χ0v) is 18.9. The molecule has 6 rings (SSSR count). The molecule has 1 aromatic rings. The summed E-state index contributed by atoms with van der Waals surface area (Å²) in [6.45, 7) is 2.70. The number of nitrogens with one attached hydrogen (secondary N) is 1. The third-order valence-electron chi connectivity index (χ3n) is 8.29. The van der Waals surface area contributed by atoms with Gasteiger partial charge in [0.1, 0.15) is 0 Å². The molecule has 4 aliphatic carbocycles. The molecule has 0 radical (unpaired) electrons. The van der Waals surface area contributed by atoms with Crippen molar-refractivity contribution < 1.29 is 19.1 Å². The smallest absolute Gasteiger partial charge is 0.321 e. The molecule has 32 heavy (non-hydrogen) atoms. The van der Waals surface area contributed by atoms with Crippen LogP contribution in [-0.4, -0.2) is 41.9 Å². The number of piperidine rings is 1. The molecule has 1 aromatic carbocycles. The Kier molecular flexibility index (Phi) is 5.72. The van der Waals surface area contributed by atoms with Gasteiger partial charge in [0.25, 0.3) is 0 Å². The summed E-state index contributed by atoms with van der Waals surface area (Å²) >= 11 is 0. The van der Waals surface area contributed by atoms with Crippen LogP contribution in [0.3, 0.4) is 0 Å². The van der Waals surface area contributed by atoms with Crippen molar-refractivity contribution in [3.63, 3.8) is 0 Å². The highest BCUT2D eigenvalue weighted by molar-refractivity contribution is 5.92. The number of carbonyl (C=O) groups excluding carboxylic acids is 3. The molecular weight excluding hydrogens is 404 g/mol. The molecule has 5 fully saturated rings. The second-order valence-corrected chi connectivity index (χ2v) is 10.7. The third kappa shape index (κ3) is 4.16. The zero-order chi connectivity index (χ0) is 22.3. The Bertz CT molecular complexity index is 848. The molecule has 0 spiro atoms. The van der Waals surface area contributed by atoms with Crippen LogP contribution in [0.2, 0.25) is 0 Å². The number of likely N-dealkylation sites (tertiary alicyclic amines) is 1. The van der Waals surface area contributed by atoms with Gasteiger partial charge in [-0.3, -0.25) is 9.59 Å². The molecule has 6 nitrogen and oxygen atoms in total. The van der Waals surface area contributed by atoms with E-state index in [0.717, 1.165) is 31.4 Å². The van der Waals surface area contributed by atoms with Crippen LogP contribution in [0.5, 0.6) is 0 Å². The van der Waals surface area contributed by atoms with Gasteiger partial charge in [-0.05, 0) is 88.2 Å². The van der Waals surface area contributed by atoms with Crippen molar-refractivity contribution in [2.24, 2.45) is 29.1 Å². The predicted molar refractivity (Wildman–Crippen MR) is 121 cm³/mol. The van der Waals surface area contributed by atoms with Gasteiger partial charge >= 0.3 is 12.0 Å². The van der Waals surface area contributed by atoms with Crippen LogP contribution in [0.1, 0.15) is 58.3 Å². The van der Waals surface area contributed by atoms with E-state index in [0.29, 0.717) is 37.3 Å². The molecule has 0 aromatic heterocycles. The van der Waals surface area contributed by atoms with Gasteiger partial charge in [0, 0.05) is 24.2 Å². The number of hydrogen-bond acceptors (Lipinski definition) is 4. The topological polar surface area (TPSA) is 75.7 Å². The van der Waals surface area contributed by atoms with Crippen LogP contribution in [-0.2, 0) is 14.3 Å². The maximum atomic E-state index is 13.4. The Balaban J connectivity index is 1.17. The summed E-state index contributed by atoms with van der Waals surface area (Å²) in [5, 5.41) is 2.89. The highest BCUT2D eigenvalue weighted by Crippen LogP contribution is 2.60. The van der Waals surface area contributed by atoms with E-state index in [2.05, 4.69) is 5.32 Å². The predicted octanol–water partition coefficient (Wildman–Crippen LogP) is 4.65. The molecule has 2 amide bonds. The first kappa shape index (κ1) is 21.5. The van der Waals surface area contributed by atoms with Crippen LogP contribution < -0.4 is 5.32 Å². The average Bonchev–Trinajstić information content (AvgIpc) is 2.78. The summed E-state index contributed by atoms with van der Waals surface area (Å²) in [6, 6.07) is 9.11. The largest absolute Gasteiger partial charge is 0.454 e. The van der Waals surface area contributed by atoms with E-state index in [4.69, 9.17) is 4.74 Å². The number of ketones is 1. The lowest BCUT2D eigenvalue weighted by Crippen LogP contribution is -2.53. The highest BCUT2D eigenvalue weighted by atomic mass is 16.5. The molecule has 4 bridgehead atoms. The summed E-state index contributed by atoms with van der Waals surface area (Å²) in [5.74, 6) is 1.47. The van der Waals surface area contributed by atoms with E-state index in [1.54, 1.807) is 11.8 Å². The minimum absolute atomic E-state index is 0.138. The lowest BCUT2D eigenvalue weighted by atomic mass is 9.48. The van der Waals surface area contributed by atoms with Gasteiger partial charge in [-0.15, -0.1) is 0 Å². The number of amides is 2. The van der Waals surface area contributed by atoms with Crippen molar-refractivity contribution >= 4 is 23.5 Å². The molecule has 1 heterocycles. The van der Waals surface area contributed by atoms with Crippen LogP contribution in [0.15, 0.2) is 30.3 Å². The molecular formula is C26H34N2O4. The van der Waals surface area contributed by atoms with Gasteiger partial charge in [0.2, 0.25) is 0 Å². The fourth-order valence-electron chi connectivity index (χ4n) is 7.25. The first-order valence-electron chi connectivity index (χ1n) is 12.3. The second-order valence-electron chi connectivity index (χ2n) is 10.7. The highest BCUT2D eigenvalue weighted by Gasteiger charge is 2.55. The Hall–Kier alpha value is -2.37. The Morgan fingerprint density at radius 2 is 1.66 bits per heavy atom. The number of para-hydroxylation sites is 1. The van der Waals surface area contributed by atoms with E-state index in [-0.39, 0.29) is 29.1 Å². The van der Waals surface area contributed by atoms with Crippen molar-refractivity contribution in [3.05, 3.63) is 30.3 Å². The second kappa shape index (κ2) is 8.53. The lowest BCUT2D eigenvalue weighted by Gasteiger charge is -2.56. The number of benzene rings is 1. The van der Waals surface area contributed by atoms with E-state index in [9.17, 15) is 14.4 Å². The fourth-order valence-corrected chi connectivity index (χ4v) is 7.25. The SMILES string of the molecule is C[C@@H](OC(=O)[C@@H]1CCCN(C(=O)Nc2ccccc2)C1)C(=O)C12CC3CC(CC(C3)C1)C2. The van der Waals surface area contributed by atoms with Crippen LogP contribution >= 0.6 is 0 Å². The van der Waals surface area contributed by atoms with Crippen LogP contribution in [0.4, 0.5) is 10.5 Å². The minimum atomic E-state index is -0.702. The van der Waals surface area contributed by atoms with E-state index < -0.39 is 6.10 Å². The molecule has 2 atom stereocenters. The molecule has 172 valence electrons. The maximum absolute atomic E-state index is 13.4. The molecule has 6 heteroatoms. The summed E-state index contributed by atoms with van der Waals surface area (Å²) in [5.41, 5.74) is 0.472. The number of carbonyl (C=O) groups is 3. The van der Waals surface area contributed by atoms with E-state index in [1.165, 1.54) is 19.3 Å². The van der Waals surface area contributed by atoms with Crippen LogP contribution in [0, 0.1) is 29.1 Å². The molecule has 1 N–H and O–H groups in total. The molecule has 0 unspecified atom stereocenters. The number of rotatable bonds is 5. The number of ether oxygens (including phenoxy) is 1. The molecule has 4 saturated carbocycles. The number of hydrogen-bond donors (Lipinski definition) is 1. The Morgan fingerprint density at radius 3 is 2.28 bits per heavy atom. The minimum Gasteiger partial charge on any atom is -0.454 e. The molecule has 1 aliphatic heterocycles. The average molecular weight is 439 g/mol. The molecule has 1 saturated heterocycles. The fraction of sp³-hybridized carbons (Fsp3) is 0.654. The normalized spacial score (nSPS) is 34.1. The van der Waals surface area contributed by atoms with Crippen molar-refractivity contribution in [1.82, 2.24) is 4.90 Å². The van der Waals surface area contributed by atoms with Gasteiger partial charge in [-0.25, -0.2) is 4.79 Å². The number of Topliss-reactive ketones (excluding diaryl/α,β-unsaturated/α-hetero) is 1. The Morgan fingerprint density at radius 1 is 1.03 bits per heavy atom. The van der Waals surface area contributed by atoms with Gasteiger partial charge in [0.15, 0.2) is 11.9 Å². The van der Waals surface area contributed by atoms with Crippen molar-refractivity contribution in [2.75, 3.05) is 18.4 Å². The van der Waals surface area contributed by atoms with Crippen LogP contribution in [0.25, 0.3) is 0 Å². The third-order valence-corrected chi connectivity index (χ3v) is 8.29. The van der Waals surface area contributed by atoms with Gasteiger partial charge < -0.3 is 15.0 Å². The number of urea groups is 1. The lowest BCUT2D eigenvalue weighted by molar-refractivity contribution is -0.168. The molecule has 5 aliphatic rings. The quantitative estimate of drug-likeness (QED) is 0.679. The number of esters is 1. The van der Waals surface area contributed by atoms with Crippen molar-refractivity contribution in [2.45, 2.75) is 64.4 Å². The monoisotopic (exact) mass is 438 g/mol. The standard InChI is InChI=1S/C26H34N2O4/c1-17(23(29)26-13-18-10-19(14-26)12-20(11-18)15-26)32-24(30)21-6-5-9-28(16-21)25(31)27-22-7-3-2-4-8-22/h2-4,7-8,17-21H,5-6,9-16H2,1H3,(H,27,31)/t17-,18?,19?,20?,21-,26?/m1/s1. The summed E-state index contributed by atoms with van der Waals surface area (Å²) in [6.07, 6.45) is 7.53. The number of anilines is 1. The van der Waals surface area contributed by atoms with E-state index in [1.807, 2.05) is 30.3 Å². The summed E-state index contributed by atoms with van der Waals surface area (Å²) < 4.78 is 5.74. The number of nitrogens with zero attached hydrogens (tertiary/aromatic N) is 1. The van der Waals surface area contributed by atoms with Crippen molar-refractivity contribution in [3.8, 4) is 0 Å². The first-order chi connectivity index (χ1) is 15.4. The maximum Gasteiger partial charge on any atom is 0.321 e. The van der Waals surface area contributed by atoms with E-state index >= 15 is 0 Å². The summed E-state index contributed by atoms with van der Waals surface area (Å²) in [4.78, 5) is 40.7. The summed E-state index contributed by atoms with van der Waals surface area (Å²) in [7, 11) is 0. The van der Waals surface area contributed by atoms with Gasteiger partial charge in [-0.1, -0.05) is 18.2 Å². The van der Waals surface area contributed by atoms with Crippen molar-refractivity contribution in [1.29, 1.82) is 0 Å². The first-order valence-corrected chi connectivity index (χ1v) is 12.3. The van der Waals surface area contributed by atoms with Gasteiger partial charge in [0.05, 0.1) is 5.92 Å². The van der Waals surface area contributed by atoms with Gasteiger partial charge in [-0.2, -0.15) is 0 Å². The Labute approximate surface area is 190 Å². The zero-order valence-electron chi connectivity index (χ0n) is 18.9.